The molecule has 2 amide bonds. The van der Waals surface area contributed by atoms with Crippen molar-refractivity contribution in [3.05, 3.63) is 28.8 Å². The Hall–Kier alpha value is -1.59. The van der Waals surface area contributed by atoms with Crippen molar-refractivity contribution < 1.29 is 9.59 Å². The fourth-order valence-electron chi connectivity index (χ4n) is 1.15. The average molecular weight is 256 g/mol. The molecule has 5 nitrogen and oxygen atoms in total. The summed E-state index contributed by atoms with van der Waals surface area (Å²) in [6, 6.07) is 3.97. The first-order chi connectivity index (χ1) is 7.95. The van der Waals surface area contributed by atoms with E-state index < -0.39 is 6.04 Å². The number of carbonyl (C=O) groups excluding carboxylic acids is 2. The Kier molecular flexibility index (Phi) is 4.48. The highest BCUT2D eigenvalue weighted by atomic mass is 35.5. The highest BCUT2D eigenvalue weighted by molar-refractivity contribution is 6.34. The number of rotatable bonds is 3. The topological polar surface area (TPSA) is 84.2 Å². The molecule has 6 heteroatoms. The van der Waals surface area contributed by atoms with Crippen LogP contribution < -0.4 is 16.4 Å². The third-order valence-electron chi connectivity index (χ3n) is 2.13. The molecule has 0 heterocycles. The van der Waals surface area contributed by atoms with Crippen molar-refractivity contribution in [1.29, 1.82) is 0 Å². The number of carbonyl (C=O) groups is 2. The lowest BCUT2D eigenvalue weighted by atomic mass is 10.2. The lowest BCUT2D eigenvalue weighted by Gasteiger charge is -2.10. The number of benzene rings is 1. The second-order valence-electron chi connectivity index (χ2n) is 3.55. The van der Waals surface area contributed by atoms with Crippen molar-refractivity contribution in [3.8, 4) is 0 Å². The summed E-state index contributed by atoms with van der Waals surface area (Å²) in [5, 5.41) is 5.39. The summed E-state index contributed by atoms with van der Waals surface area (Å²) >= 11 is 5.91. The van der Waals surface area contributed by atoms with Crippen molar-refractivity contribution in [1.82, 2.24) is 5.32 Å². The second-order valence-corrected chi connectivity index (χ2v) is 3.96. The van der Waals surface area contributed by atoms with E-state index in [1.165, 1.54) is 13.1 Å². The second kappa shape index (κ2) is 5.65. The number of anilines is 1. The molecule has 0 spiro atoms. The third kappa shape index (κ3) is 3.44. The maximum atomic E-state index is 11.4. The van der Waals surface area contributed by atoms with Crippen LogP contribution in [0.15, 0.2) is 18.2 Å². The molecule has 0 aliphatic carbocycles. The van der Waals surface area contributed by atoms with Gasteiger partial charge in [0.25, 0.3) is 5.91 Å². The zero-order valence-corrected chi connectivity index (χ0v) is 10.3. The van der Waals surface area contributed by atoms with E-state index in [0.717, 1.165) is 0 Å². The predicted molar refractivity (Wildman–Crippen MR) is 67.1 cm³/mol. The molecule has 1 aromatic carbocycles. The van der Waals surface area contributed by atoms with Crippen LogP contribution in [0.2, 0.25) is 5.02 Å². The van der Waals surface area contributed by atoms with Crippen molar-refractivity contribution in [2.75, 3.05) is 12.4 Å². The number of halogens is 1. The molecule has 0 fully saturated rings. The lowest BCUT2D eigenvalue weighted by Crippen LogP contribution is -2.32. The smallest absolute Gasteiger partial charge is 0.251 e. The van der Waals surface area contributed by atoms with Crippen LogP contribution in [-0.4, -0.2) is 24.9 Å². The Balaban J connectivity index is 2.99. The first kappa shape index (κ1) is 13.5. The molecule has 0 aliphatic rings. The van der Waals surface area contributed by atoms with E-state index in [1.807, 2.05) is 0 Å². The Morgan fingerprint density at radius 3 is 2.59 bits per heavy atom. The van der Waals surface area contributed by atoms with E-state index in [2.05, 4.69) is 10.6 Å². The van der Waals surface area contributed by atoms with Crippen LogP contribution in [0.3, 0.4) is 0 Å². The van der Waals surface area contributed by atoms with Gasteiger partial charge >= 0.3 is 0 Å². The van der Waals surface area contributed by atoms with Gasteiger partial charge in [0, 0.05) is 12.6 Å². The fourth-order valence-corrected chi connectivity index (χ4v) is 1.32. The molecule has 0 aliphatic heterocycles. The van der Waals surface area contributed by atoms with E-state index in [9.17, 15) is 9.59 Å². The minimum atomic E-state index is -0.644. The molecule has 1 unspecified atom stereocenters. The molecule has 0 radical (unpaired) electrons. The van der Waals surface area contributed by atoms with Crippen LogP contribution in [0.5, 0.6) is 0 Å². The Bertz CT molecular complexity index is 446. The van der Waals surface area contributed by atoms with Crippen LogP contribution >= 0.6 is 11.6 Å². The molecule has 4 N–H and O–H groups in total. The van der Waals surface area contributed by atoms with E-state index in [4.69, 9.17) is 17.3 Å². The average Bonchev–Trinajstić information content (AvgIpc) is 2.30. The predicted octanol–water partition coefficient (Wildman–Crippen LogP) is 0.985. The molecular weight excluding hydrogens is 242 g/mol. The van der Waals surface area contributed by atoms with Gasteiger partial charge in [-0.15, -0.1) is 0 Å². The number of nitrogens with two attached hydrogens (primary N) is 1. The molecule has 1 aromatic rings. The van der Waals surface area contributed by atoms with Gasteiger partial charge in [-0.25, -0.2) is 0 Å². The number of hydrogen-bond donors (Lipinski definition) is 3. The van der Waals surface area contributed by atoms with Gasteiger partial charge in [0.2, 0.25) is 5.91 Å². The van der Waals surface area contributed by atoms with Crippen LogP contribution in [0.25, 0.3) is 0 Å². The van der Waals surface area contributed by atoms with Gasteiger partial charge in [0.1, 0.15) is 0 Å². The summed E-state index contributed by atoms with van der Waals surface area (Å²) in [7, 11) is 1.52. The first-order valence-corrected chi connectivity index (χ1v) is 5.41. The first-order valence-electron chi connectivity index (χ1n) is 5.03. The third-order valence-corrected chi connectivity index (χ3v) is 2.46. The summed E-state index contributed by atoms with van der Waals surface area (Å²) < 4.78 is 0. The van der Waals surface area contributed by atoms with Gasteiger partial charge in [-0.2, -0.15) is 0 Å². The Morgan fingerprint density at radius 1 is 1.41 bits per heavy atom. The maximum absolute atomic E-state index is 11.4. The molecule has 17 heavy (non-hydrogen) atoms. The molecule has 0 saturated carbocycles. The van der Waals surface area contributed by atoms with Crippen LogP contribution in [0, 0.1) is 0 Å². The van der Waals surface area contributed by atoms with Crippen LogP contribution in [-0.2, 0) is 4.79 Å². The van der Waals surface area contributed by atoms with Crippen molar-refractivity contribution >= 4 is 29.1 Å². The van der Waals surface area contributed by atoms with Crippen molar-refractivity contribution in [2.24, 2.45) is 5.73 Å². The summed E-state index contributed by atoms with van der Waals surface area (Å²) in [5.74, 6) is -0.612. The number of amides is 2. The molecule has 1 atom stereocenters. The number of hydrogen-bond acceptors (Lipinski definition) is 3. The SMILES string of the molecule is CNC(=O)c1ccc(Cl)c(NC(=O)C(C)N)c1. The summed E-state index contributed by atoms with van der Waals surface area (Å²) in [6.07, 6.45) is 0. The normalized spacial score (nSPS) is 11.8. The van der Waals surface area contributed by atoms with Crippen LogP contribution in [0.4, 0.5) is 5.69 Å². The lowest BCUT2D eigenvalue weighted by molar-refractivity contribution is -0.117. The quantitative estimate of drug-likeness (QED) is 0.753. The summed E-state index contributed by atoms with van der Waals surface area (Å²) in [5.41, 5.74) is 6.21. The molecule has 92 valence electrons. The van der Waals surface area contributed by atoms with Gasteiger partial charge in [-0.1, -0.05) is 11.6 Å². The highest BCUT2D eigenvalue weighted by Gasteiger charge is 2.12. The fraction of sp³-hybridized carbons (Fsp3) is 0.273. The highest BCUT2D eigenvalue weighted by Crippen LogP contribution is 2.23. The van der Waals surface area contributed by atoms with E-state index in [0.29, 0.717) is 16.3 Å². The maximum Gasteiger partial charge on any atom is 0.251 e. The van der Waals surface area contributed by atoms with E-state index >= 15 is 0 Å². The zero-order chi connectivity index (χ0) is 13.0. The largest absolute Gasteiger partial charge is 0.355 e. The van der Waals surface area contributed by atoms with E-state index in [1.54, 1.807) is 19.1 Å². The standard InChI is InChI=1S/C11H14ClN3O2/c1-6(13)10(16)15-9-5-7(11(17)14-2)3-4-8(9)12/h3-6H,13H2,1-2H3,(H,14,17)(H,15,16). The minimum Gasteiger partial charge on any atom is -0.355 e. The van der Waals surface area contributed by atoms with Gasteiger partial charge < -0.3 is 16.4 Å². The van der Waals surface area contributed by atoms with Crippen molar-refractivity contribution in [2.45, 2.75) is 13.0 Å². The monoisotopic (exact) mass is 255 g/mol. The number of nitrogens with one attached hydrogen (secondary N) is 2. The summed E-state index contributed by atoms with van der Waals surface area (Å²) in [4.78, 5) is 22.8. The Morgan fingerprint density at radius 2 is 2.06 bits per heavy atom. The zero-order valence-electron chi connectivity index (χ0n) is 9.58. The summed E-state index contributed by atoms with van der Waals surface area (Å²) in [6.45, 7) is 1.56. The molecule has 1 rings (SSSR count). The molecule has 0 saturated heterocycles. The van der Waals surface area contributed by atoms with Gasteiger partial charge in [-0.05, 0) is 25.1 Å². The Labute approximate surface area is 104 Å². The van der Waals surface area contributed by atoms with Gasteiger partial charge in [0.05, 0.1) is 16.8 Å². The van der Waals surface area contributed by atoms with Gasteiger partial charge in [-0.3, -0.25) is 9.59 Å². The molecular formula is C11H14ClN3O2. The molecule has 0 aromatic heterocycles. The van der Waals surface area contributed by atoms with Crippen LogP contribution in [0.1, 0.15) is 17.3 Å². The minimum absolute atomic E-state index is 0.252. The molecule has 0 bridgehead atoms. The van der Waals surface area contributed by atoms with E-state index in [-0.39, 0.29) is 11.8 Å². The van der Waals surface area contributed by atoms with Crippen molar-refractivity contribution in [3.63, 3.8) is 0 Å². The van der Waals surface area contributed by atoms with Gasteiger partial charge in [0.15, 0.2) is 0 Å².